The van der Waals surface area contributed by atoms with E-state index in [1.54, 1.807) is 21.6 Å². The molecule has 0 N–H and O–H groups in total. The minimum Gasteiger partial charge on any atom is -0.227 e. The minimum absolute atomic E-state index is 1.23. The SMILES string of the molecule is Cn1cc[n+](C)c1SSc1n(C)cc[n+]1C. The topological polar surface area (TPSA) is 17.6 Å². The van der Waals surface area contributed by atoms with Crippen LogP contribution in [0.25, 0.3) is 0 Å². The van der Waals surface area contributed by atoms with Crippen molar-refractivity contribution in [3.8, 4) is 0 Å². The minimum atomic E-state index is 1.23. The maximum atomic E-state index is 2.13. The molecular formula is C10H16N4S2+2. The molecule has 16 heavy (non-hydrogen) atoms. The number of hydrogen-bond acceptors (Lipinski definition) is 2. The van der Waals surface area contributed by atoms with Crippen LogP contribution in [-0.2, 0) is 28.2 Å². The Hall–Kier alpha value is -0.880. The molecule has 0 spiro atoms. The highest BCUT2D eigenvalue weighted by Crippen LogP contribution is 2.33. The molecule has 2 heterocycles. The largest absolute Gasteiger partial charge is 0.328 e. The Labute approximate surface area is 103 Å². The van der Waals surface area contributed by atoms with Crippen molar-refractivity contribution >= 4 is 21.6 Å². The standard InChI is InChI=1S/C10H16N4S2/c1-11-5-6-12(2)9(11)15-16-10-13(3)7-8-14(10)4/h5-8H,1-4H3/q+2. The summed E-state index contributed by atoms with van der Waals surface area (Å²) in [4.78, 5) is 0. The van der Waals surface area contributed by atoms with E-state index < -0.39 is 0 Å². The summed E-state index contributed by atoms with van der Waals surface area (Å²) in [5.41, 5.74) is 0. The second-order valence-electron chi connectivity index (χ2n) is 3.77. The van der Waals surface area contributed by atoms with Gasteiger partial charge in [-0.05, 0) is 0 Å². The van der Waals surface area contributed by atoms with Crippen LogP contribution in [0.15, 0.2) is 35.1 Å². The first-order chi connectivity index (χ1) is 7.59. The maximum absolute atomic E-state index is 2.13. The number of hydrogen-bond donors (Lipinski definition) is 0. The fourth-order valence-electron chi connectivity index (χ4n) is 1.46. The first-order valence-corrected chi connectivity index (χ1v) is 7.11. The number of rotatable bonds is 3. The zero-order valence-corrected chi connectivity index (χ0v) is 11.5. The molecule has 0 radical (unpaired) electrons. The van der Waals surface area contributed by atoms with Crippen molar-refractivity contribution in [3.05, 3.63) is 24.8 Å². The van der Waals surface area contributed by atoms with E-state index in [4.69, 9.17) is 0 Å². The van der Waals surface area contributed by atoms with Gasteiger partial charge in [-0.2, -0.15) is 0 Å². The molecule has 86 valence electrons. The van der Waals surface area contributed by atoms with Gasteiger partial charge in [-0.15, -0.1) is 0 Å². The summed E-state index contributed by atoms with van der Waals surface area (Å²) in [7, 11) is 11.8. The lowest BCUT2D eigenvalue weighted by molar-refractivity contribution is -0.710. The lowest BCUT2D eigenvalue weighted by atomic mass is 10.9. The molecule has 0 saturated carbocycles. The Morgan fingerprint density at radius 2 is 1.25 bits per heavy atom. The second-order valence-corrected chi connectivity index (χ2v) is 5.84. The third-order valence-corrected chi connectivity index (χ3v) is 5.10. The van der Waals surface area contributed by atoms with Gasteiger partial charge in [0.25, 0.3) is 0 Å². The van der Waals surface area contributed by atoms with E-state index in [0.717, 1.165) is 0 Å². The van der Waals surface area contributed by atoms with Crippen molar-refractivity contribution in [1.82, 2.24) is 9.13 Å². The van der Waals surface area contributed by atoms with Crippen molar-refractivity contribution in [2.75, 3.05) is 0 Å². The van der Waals surface area contributed by atoms with E-state index in [0.29, 0.717) is 0 Å². The second kappa shape index (κ2) is 4.55. The van der Waals surface area contributed by atoms with E-state index >= 15 is 0 Å². The fraction of sp³-hybridized carbons (Fsp3) is 0.400. The Morgan fingerprint density at radius 3 is 1.50 bits per heavy atom. The van der Waals surface area contributed by atoms with Crippen LogP contribution in [0.3, 0.4) is 0 Å². The van der Waals surface area contributed by atoms with Gasteiger partial charge in [0.2, 0.25) is 0 Å². The summed E-state index contributed by atoms with van der Waals surface area (Å²) in [5, 5.41) is 2.46. The molecule has 0 aliphatic carbocycles. The average molecular weight is 256 g/mol. The van der Waals surface area contributed by atoms with Gasteiger partial charge in [-0.1, -0.05) is 0 Å². The molecule has 0 atom stereocenters. The molecule has 2 rings (SSSR count). The van der Waals surface area contributed by atoms with Crippen LogP contribution < -0.4 is 9.13 Å². The third-order valence-electron chi connectivity index (χ3n) is 2.43. The molecule has 4 nitrogen and oxygen atoms in total. The van der Waals surface area contributed by atoms with E-state index in [1.165, 1.54) is 10.3 Å². The Morgan fingerprint density at radius 1 is 0.875 bits per heavy atom. The number of aryl methyl sites for hydroxylation is 4. The number of imidazole rings is 2. The van der Waals surface area contributed by atoms with Gasteiger partial charge in [0.1, 0.15) is 24.8 Å². The van der Waals surface area contributed by atoms with Crippen LogP contribution in [0.4, 0.5) is 0 Å². The predicted octanol–water partition coefficient (Wildman–Crippen LogP) is 0.812. The zero-order chi connectivity index (χ0) is 11.7. The van der Waals surface area contributed by atoms with Crippen molar-refractivity contribution in [2.45, 2.75) is 10.3 Å². The smallest absolute Gasteiger partial charge is 0.227 e. The summed E-state index contributed by atoms with van der Waals surface area (Å²) in [6.07, 6.45) is 8.25. The molecule has 0 amide bonds. The van der Waals surface area contributed by atoms with Crippen LogP contribution in [0, 0.1) is 0 Å². The molecule has 6 heteroatoms. The third kappa shape index (κ3) is 2.12. The van der Waals surface area contributed by atoms with Gasteiger partial charge in [0.05, 0.1) is 28.2 Å². The van der Waals surface area contributed by atoms with E-state index in [1.807, 2.05) is 0 Å². The molecule has 0 unspecified atom stereocenters. The normalized spacial score (nSPS) is 11.0. The highest BCUT2D eigenvalue weighted by Gasteiger charge is 2.19. The first-order valence-electron chi connectivity index (χ1n) is 4.96. The molecule has 0 aromatic carbocycles. The zero-order valence-electron chi connectivity index (χ0n) is 9.91. The fourth-order valence-corrected chi connectivity index (χ4v) is 4.18. The van der Waals surface area contributed by atoms with Crippen LogP contribution in [0.1, 0.15) is 0 Å². The summed E-state index contributed by atoms with van der Waals surface area (Å²) in [6, 6.07) is 0. The Balaban J connectivity index is 2.14. The lowest BCUT2D eigenvalue weighted by Crippen LogP contribution is -2.29. The van der Waals surface area contributed by atoms with Crippen LogP contribution in [0.2, 0.25) is 0 Å². The summed E-state index contributed by atoms with van der Waals surface area (Å²) >= 11 is 0. The van der Waals surface area contributed by atoms with E-state index in [-0.39, 0.29) is 0 Å². The van der Waals surface area contributed by atoms with Gasteiger partial charge in [-0.3, -0.25) is 0 Å². The van der Waals surface area contributed by atoms with Gasteiger partial charge in [0, 0.05) is 21.6 Å². The van der Waals surface area contributed by atoms with Crippen molar-refractivity contribution in [2.24, 2.45) is 28.2 Å². The van der Waals surface area contributed by atoms with Gasteiger partial charge in [0.15, 0.2) is 0 Å². The van der Waals surface area contributed by atoms with Gasteiger partial charge < -0.3 is 0 Å². The molecule has 0 saturated heterocycles. The lowest BCUT2D eigenvalue weighted by Gasteiger charge is -1.96. The van der Waals surface area contributed by atoms with E-state index in [9.17, 15) is 0 Å². The molecule has 2 aromatic rings. The molecule has 0 aliphatic heterocycles. The van der Waals surface area contributed by atoms with Gasteiger partial charge in [-0.25, -0.2) is 18.3 Å². The molecular weight excluding hydrogens is 240 g/mol. The Kier molecular flexibility index (Phi) is 3.30. The van der Waals surface area contributed by atoms with Crippen molar-refractivity contribution < 1.29 is 9.13 Å². The highest BCUT2D eigenvalue weighted by molar-refractivity contribution is 8.76. The summed E-state index contributed by atoms with van der Waals surface area (Å²) < 4.78 is 8.50. The van der Waals surface area contributed by atoms with Crippen molar-refractivity contribution in [1.29, 1.82) is 0 Å². The molecule has 2 aromatic heterocycles. The Bertz CT molecular complexity index is 416. The van der Waals surface area contributed by atoms with Gasteiger partial charge >= 0.3 is 10.3 Å². The van der Waals surface area contributed by atoms with Crippen LogP contribution in [-0.4, -0.2) is 9.13 Å². The average Bonchev–Trinajstić information content (AvgIpc) is 2.72. The molecule has 0 fully saturated rings. The monoisotopic (exact) mass is 256 g/mol. The molecule has 0 aliphatic rings. The van der Waals surface area contributed by atoms with Crippen LogP contribution in [0.5, 0.6) is 0 Å². The summed E-state index contributed by atoms with van der Waals surface area (Å²) in [6.45, 7) is 0. The van der Waals surface area contributed by atoms with Crippen LogP contribution >= 0.6 is 21.6 Å². The highest BCUT2D eigenvalue weighted by atomic mass is 33.1. The van der Waals surface area contributed by atoms with Crippen molar-refractivity contribution in [3.63, 3.8) is 0 Å². The first kappa shape index (κ1) is 11.6. The number of nitrogens with zero attached hydrogens (tertiary/aromatic N) is 4. The maximum Gasteiger partial charge on any atom is 0.328 e. The predicted molar refractivity (Wildman–Crippen MR) is 64.9 cm³/mol. The summed E-state index contributed by atoms with van der Waals surface area (Å²) in [5.74, 6) is 0. The quantitative estimate of drug-likeness (QED) is 0.597. The van der Waals surface area contributed by atoms with E-state index in [2.05, 4.69) is 71.2 Å². The number of aromatic nitrogens is 4. The molecule has 0 bridgehead atoms.